The van der Waals surface area contributed by atoms with Crippen LogP contribution in [-0.2, 0) is 26.2 Å². The van der Waals surface area contributed by atoms with E-state index in [2.05, 4.69) is 4.98 Å². The number of hydrogen-bond acceptors (Lipinski definition) is 6. The van der Waals surface area contributed by atoms with Gasteiger partial charge in [-0.2, -0.15) is 4.31 Å². The molecule has 0 amide bonds. The Morgan fingerprint density at radius 1 is 1.03 bits per heavy atom. The van der Waals surface area contributed by atoms with Crippen LogP contribution in [0.2, 0.25) is 0 Å². The SMILES string of the molecule is Cc1oc(-c2ccccc2)nc1COC(=O)/C=C/c1ccc(S(=O)(=O)N2CCCCCC2)cc1. The number of sulfonamides is 1. The molecule has 0 spiro atoms. The summed E-state index contributed by atoms with van der Waals surface area (Å²) in [7, 11) is -3.49. The highest BCUT2D eigenvalue weighted by molar-refractivity contribution is 7.89. The Hall–Kier alpha value is -3.23. The number of esters is 1. The van der Waals surface area contributed by atoms with Crippen LogP contribution in [0.4, 0.5) is 0 Å². The predicted octanol–water partition coefficient (Wildman–Crippen LogP) is 4.97. The average Bonchev–Trinajstić information content (AvgIpc) is 3.03. The van der Waals surface area contributed by atoms with E-state index in [4.69, 9.17) is 9.15 Å². The zero-order valence-corrected chi connectivity index (χ0v) is 20.0. The van der Waals surface area contributed by atoms with Crippen LogP contribution >= 0.6 is 0 Å². The molecule has 0 bridgehead atoms. The molecule has 1 aromatic heterocycles. The first kappa shape index (κ1) is 23.9. The first-order valence-electron chi connectivity index (χ1n) is 11.4. The van der Waals surface area contributed by atoms with E-state index in [1.54, 1.807) is 41.6 Å². The standard InChI is InChI=1S/C26H28N2O5S/c1-20-24(27-26(33-20)22-9-5-4-6-10-22)19-32-25(29)16-13-21-11-14-23(15-12-21)34(30,31)28-17-7-2-3-8-18-28/h4-6,9-16H,2-3,7-8,17-19H2,1H3/b16-13+. The number of aromatic nitrogens is 1. The zero-order chi connectivity index (χ0) is 24.0. The number of aryl methyl sites for hydroxylation is 1. The van der Waals surface area contributed by atoms with Crippen molar-refractivity contribution in [3.8, 4) is 11.5 Å². The molecule has 0 radical (unpaired) electrons. The van der Waals surface area contributed by atoms with Crippen LogP contribution in [0.5, 0.6) is 0 Å². The van der Waals surface area contributed by atoms with Crippen molar-refractivity contribution < 1.29 is 22.4 Å². The van der Waals surface area contributed by atoms with Crippen molar-refractivity contribution in [1.29, 1.82) is 0 Å². The van der Waals surface area contributed by atoms with E-state index >= 15 is 0 Å². The van der Waals surface area contributed by atoms with Gasteiger partial charge in [0.05, 0.1) is 4.90 Å². The van der Waals surface area contributed by atoms with E-state index in [-0.39, 0.29) is 11.5 Å². The quantitative estimate of drug-likeness (QED) is 0.350. The number of carbonyl (C=O) groups is 1. The minimum atomic E-state index is -3.49. The van der Waals surface area contributed by atoms with E-state index < -0.39 is 16.0 Å². The highest BCUT2D eigenvalue weighted by Gasteiger charge is 2.24. The number of hydrogen-bond donors (Lipinski definition) is 0. The number of benzene rings is 2. The molecule has 1 fully saturated rings. The van der Waals surface area contributed by atoms with Crippen molar-refractivity contribution in [3.05, 3.63) is 77.7 Å². The lowest BCUT2D eigenvalue weighted by Gasteiger charge is -2.19. The summed E-state index contributed by atoms with van der Waals surface area (Å²) in [6.45, 7) is 2.90. The number of carbonyl (C=O) groups excluding carboxylic acids is 1. The fourth-order valence-corrected chi connectivity index (χ4v) is 5.32. The number of nitrogens with zero attached hydrogens (tertiary/aromatic N) is 2. The fourth-order valence-electron chi connectivity index (χ4n) is 3.80. The van der Waals surface area contributed by atoms with Crippen LogP contribution in [0.3, 0.4) is 0 Å². The van der Waals surface area contributed by atoms with Crippen molar-refractivity contribution in [2.45, 2.75) is 44.1 Å². The Bertz CT molecular complexity index is 1240. The van der Waals surface area contributed by atoms with E-state index in [0.717, 1.165) is 31.2 Å². The molecule has 4 rings (SSSR count). The maximum Gasteiger partial charge on any atom is 0.331 e. The maximum absolute atomic E-state index is 12.9. The highest BCUT2D eigenvalue weighted by Crippen LogP contribution is 2.23. The molecule has 34 heavy (non-hydrogen) atoms. The molecule has 0 atom stereocenters. The second-order valence-electron chi connectivity index (χ2n) is 8.22. The van der Waals surface area contributed by atoms with Gasteiger partial charge in [-0.3, -0.25) is 0 Å². The van der Waals surface area contributed by atoms with E-state index in [1.165, 1.54) is 6.08 Å². The summed E-state index contributed by atoms with van der Waals surface area (Å²) in [5, 5.41) is 0. The van der Waals surface area contributed by atoms with Crippen molar-refractivity contribution in [1.82, 2.24) is 9.29 Å². The molecule has 1 aliphatic rings. The third-order valence-corrected chi connectivity index (χ3v) is 7.67. The van der Waals surface area contributed by atoms with Crippen molar-refractivity contribution in [2.75, 3.05) is 13.1 Å². The summed E-state index contributed by atoms with van der Waals surface area (Å²) >= 11 is 0. The van der Waals surface area contributed by atoms with Gasteiger partial charge in [0.15, 0.2) is 0 Å². The number of rotatable bonds is 7. The topological polar surface area (TPSA) is 89.7 Å². The summed E-state index contributed by atoms with van der Waals surface area (Å²) < 4.78 is 38.3. The largest absolute Gasteiger partial charge is 0.456 e. The third-order valence-electron chi connectivity index (χ3n) is 5.76. The van der Waals surface area contributed by atoms with Gasteiger partial charge in [0, 0.05) is 24.7 Å². The van der Waals surface area contributed by atoms with Crippen LogP contribution < -0.4 is 0 Å². The fraction of sp³-hybridized carbons (Fsp3) is 0.308. The van der Waals surface area contributed by atoms with Gasteiger partial charge in [-0.25, -0.2) is 18.2 Å². The number of oxazole rings is 1. The van der Waals surface area contributed by atoms with Gasteiger partial charge in [0.2, 0.25) is 15.9 Å². The Morgan fingerprint density at radius 2 is 1.71 bits per heavy atom. The van der Waals surface area contributed by atoms with Gasteiger partial charge >= 0.3 is 5.97 Å². The monoisotopic (exact) mass is 480 g/mol. The minimum Gasteiger partial charge on any atom is -0.456 e. The molecule has 2 heterocycles. The van der Waals surface area contributed by atoms with E-state index in [1.807, 2.05) is 30.3 Å². The first-order valence-corrected chi connectivity index (χ1v) is 12.8. The lowest BCUT2D eigenvalue weighted by atomic mass is 10.2. The van der Waals surface area contributed by atoms with Gasteiger partial charge in [-0.1, -0.05) is 43.2 Å². The average molecular weight is 481 g/mol. The molecule has 0 saturated carbocycles. The van der Waals surface area contributed by atoms with Gasteiger partial charge in [-0.05, 0) is 55.7 Å². The molecule has 0 unspecified atom stereocenters. The van der Waals surface area contributed by atoms with Crippen LogP contribution in [0.15, 0.2) is 70.0 Å². The molecule has 178 valence electrons. The molecule has 2 aromatic carbocycles. The molecule has 7 nitrogen and oxygen atoms in total. The predicted molar refractivity (Wildman–Crippen MR) is 129 cm³/mol. The Morgan fingerprint density at radius 3 is 2.38 bits per heavy atom. The third kappa shape index (κ3) is 5.81. The molecule has 0 N–H and O–H groups in total. The van der Waals surface area contributed by atoms with Crippen LogP contribution in [0, 0.1) is 6.92 Å². The maximum atomic E-state index is 12.9. The Balaban J connectivity index is 1.34. The smallest absolute Gasteiger partial charge is 0.331 e. The van der Waals surface area contributed by atoms with Crippen LogP contribution in [-0.4, -0.2) is 36.8 Å². The van der Waals surface area contributed by atoms with Crippen molar-refractivity contribution >= 4 is 22.1 Å². The van der Waals surface area contributed by atoms with E-state index in [9.17, 15) is 13.2 Å². The summed E-state index contributed by atoms with van der Waals surface area (Å²) in [5.74, 6) is 0.552. The summed E-state index contributed by atoms with van der Waals surface area (Å²) in [6, 6.07) is 16.0. The van der Waals surface area contributed by atoms with Gasteiger partial charge in [-0.15, -0.1) is 0 Å². The van der Waals surface area contributed by atoms with Crippen LogP contribution in [0.25, 0.3) is 17.5 Å². The Kier molecular flexibility index (Phi) is 7.59. The molecular weight excluding hydrogens is 452 g/mol. The molecule has 1 saturated heterocycles. The summed E-state index contributed by atoms with van der Waals surface area (Å²) in [5.41, 5.74) is 2.11. The highest BCUT2D eigenvalue weighted by atomic mass is 32.2. The van der Waals surface area contributed by atoms with Gasteiger partial charge in [0.25, 0.3) is 0 Å². The normalized spacial score (nSPS) is 15.3. The lowest BCUT2D eigenvalue weighted by molar-refractivity contribution is -0.139. The van der Waals surface area contributed by atoms with Gasteiger partial charge in [0.1, 0.15) is 18.1 Å². The molecular formula is C26H28N2O5S. The summed E-state index contributed by atoms with van der Waals surface area (Å²) in [6.07, 6.45) is 6.82. The minimum absolute atomic E-state index is 0.00163. The molecule has 8 heteroatoms. The second-order valence-corrected chi connectivity index (χ2v) is 10.2. The Labute approximate surface area is 200 Å². The molecule has 3 aromatic rings. The zero-order valence-electron chi connectivity index (χ0n) is 19.1. The van der Waals surface area contributed by atoms with Gasteiger partial charge < -0.3 is 9.15 Å². The van der Waals surface area contributed by atoms with Crippen LogP contribution in [0.1, 0.15) is 42.7 Å². The summed E-state index contributed by atoms with van der Waals surface area (Å²) in [4.78, 5) is 16.9. The molecule has 0 aliphatic carbocycles. The second kappa shape index (κ2) is 10.8. The lowest BCUT2D eigenvalue weighted by Crippen LogP contribution is -2.31. The number of ether oxygens (including phenoxy) is 1. The van der Waals surface area contributed by atoms with Crippen molar-refractivity contribution in [2.24, 2.45) is 0 Å². The first-order chi connectivity index (χ1) is 16.4. The van der Waals surface area contributed by atoms with E-state index in [0.29, 0.717) is 36.0 Å². The van der Waals surface area contributed by atoms with Crippen molar-refractivity contribution in [3.63, 3.8) is 0 Å². The molecule has 1 aliphatic heterocycles.